The molecule has 0 radical (unpaired) electrons. The van der Waals surface area contributed by atoms with E-state index in [9.17, 15) is 9.18 Å². The lowest BCUT2D eigenvalue weighted by Crippen LogP contribution is -2.28. The minimum Gasteiger partial charge on any atom is -0.484 e. The molecule has 0 fully saturated rings. The third kappa shape index (κ3) is 5.07. The van der Waals surface area contributed by atoms with Crippen LogP contribution < -0.4 is 10.1 Å². The normalized spacial score (nSPS) is 11.8. The van der Waals surface area contributed by atoms with Crippen LogP contribution in [0.1, 0.15) is 25.2 Å². The molecular weight excluding hydrogens is 325 g/mol. The highest BCUT2D eigenvalue weighted by molar-refractivity contribution is 6.30. The summed E-state index contributed by atoms with van der Waals surface area (Å²) in [5, 5.41) is 9.98. The molecule has 6 nitrogen and oxygen atoms in total. The van der Waals surface area contributed by atoms with E-state index in [1.165, 1.54) is 18.5 Å². The average molecular weight is 340 g/mol. The van der Waals surface area contributed by atoms with E-state index in [2.05, 4.69) is 22.1 Å². The number of halogens is 2. The summed E-state index contributed by atoms with van der Waals surface area (Å²) in [6.07, 6.45) is 1.69. The van der Waals surface area contributed by atoms with E-state index >= 15 is 0 Å². The third-order valence-electron chi connectivity index (χ3n) is 2.93. The molecule has 0 bridgehead atoms. The number of nitrogens with zero attached hydrogens (tertiary/aromatic N) is 2. The maximum absolute atomic E-state index is 13.2. The molecule has 1 heterocycles. The number of amides is 1. The fourth-order valence-corrected chi connectivity index (χ4v) is 1.97. The van der Waals surface area contributed by atoms with E-state index < -0.39 is 11.7 Å². The van der Waals surface area contributed by atoms with E-state index in [1.54, 1.807) is 0 Å². The monoisotopic (exact) mass is 339 g/mol. The highest BCUT2D eigenvalue weighted by Crippen LogP contribution is 2.21. The molecule has 8 heteroatoms. The predicted octanol–water partition coefficient (Wildman–Crippen LogP) is 3.06. The SMILES string of the molecule is C=C(CC(C)c1nnco1)NC(=O)COc1ccc(Cl)c(F)c1. The van der Waals surface area contributed by atoms with E-state index in [-0.39, 0.29) is 23.3 Å². The molecule has 23 heavy (non-hydrogen) atoms. The second kappa shape index (κ2) is 7.73. The first-order valence-corrected chi connectivity index (χ1v) is 7.15. The summed E-state index contributed by atoms with van der Waals surface area (Å²) < 4.78 is 23.5. The largest absolute Gasteiger partial charge is 0.484 e. The van der Waals surface area contributed by atoms with Gasteiger partial charge in [-0.3, -0.25) is 4.79 Å². The second-order valence-corrected chi connectivity index (χ2v) is 5.31. The van der Waals surface area contributed by atoms with Crippen molar-refractivity contribution in [1.29, 1.82) is 0 Å². The molecule has 1 aromatic carbocycles. The van der Waals surface area contributed by atoms with Gasteiger partial charge >= 0.3 is 0 Å². The molecule has 0 saturated heterocycles. The standard InChI is InChI=1S/C15H15ClFN3O3/c1-9(15-20-18-8-23-15)5-10(2)19-14(21)7-22-11-3-4-12(16)13(17)6-11/h3-4,6,8-9H,2,5,7H2,1H3,(H,19,21). The van der Waals surface area contributed by atoms with Gasteiger partial charge in [-0.25, -0.2) is 4.39 Å². The second-order valence-electron chi connectivity index (χ2n) is 4.90. The van der Waals surface area contributed by atoms with E-state index in [4.69, 9.17) is 20.8 Å². The Morgan fingerprint density at radius 1 is 1.57 bits per heavy atom. The van der Waals surface area contributed by atoms with Gasteiger partial charge < -0.3 is 14.5 Å². The highest BCUT2D eigenvalue weighted by Gasteiger charge is 2.14. The number of nitrogens with one attached hydrogen (secondary N) is 1. The number of hydrogen-bond donors (Lipinski definition) is 1. The van der Waals surface area contributed by atoms with Crippen LogP contribution in [0.4, 0.5) is 4.39 Å². The Kier molecular flexibility index (Phi) is 5.70. The zero-order valence-corrected chi connectivity index (χ0v) is 13.1. The minimum absolute atomic E-state index is 0.00908. The molecule has 0 aliphatic heterocycles. The number of hydrogen-bond acceptors (Lipinski definition) is 5. The maximum atomic E-state index is 13.2. The number of rotatable bonds is 7. The summed E-state index contributed by atoms with van der Waals surface area (Å²) in [7, 11) is 0. The van der Waals surface area contributed by atoms with E-state index in [0.29, 0.717) is 18.0 Å². The van der Waals surface area contributed by atoms with Crippen LogP contribution in [0.3, 0.4) is 0 Å². The van der Waals surface area contributed by atoms with Gasteiger partial charge in [0.05, 0.1) is 5.02 Å². The lowest BCUT2D eigenvalue weighted by Gasteiger charge is -2.12. The summed E-state index contributed by atoms with van der Waals surface area (Å²) in [4.78, 5) is 11.8. The van der Waals surface area contributed by atoms with Gasteiger partial charge in [-0.1, -0.05) is 25.1 Å². The molecular formula is C15H15ClFN3O3. The Morgan fingerprint density at radius 2 is 2.35 bits per heavy atom. The molecule has 0 saturated carbocycles. The molecule has 0 spiro atoms. The molecule has 1 unspecified atom stereocenters. The molecule has 1 amide bonds. The Balaban J connectivity index is 1.77. The Bertz CT molecular complexity index is 691. The van der Waals surface area contributed by atoms with Crippen LogP contribution in [0.15, 0.2) is 41.3 Å². The summed E-state index contributed by atoms with van der Waals surface area (Å²) in [6.45, 7) is 5.37. The fraction of sp³-hybridized carbons (Fsp3) is 0.267. The number of benzene rings is 1. The average Bonchev–Trinajstić information content (AvgIpc) is 3.02. The number of carbonyl (C=O) groups is 1. The Hall–Kier alpha value is -2.41. The van der Waals surface area contributed by atoms with E-state index in [1.807, 2.05) is 6.92 Å². The van der Waals surface area contributed by atoms with Crippen LogP contribution in [0.5, 0.6) is 5.75 Å². The molecule has 1 atom stereocenters. The van der Waals surface area contributed by atoms with Crippen molar-refractivity contribution in [2.24, 2.45) is 0 Å². The zero-order chi connectivity index (χ0) is 16.8. The van der Waals surface area contributed by atoms with Gasteiger partial charge in [0.25, 0.3) is 5.91 Å². The van der Waals surface area contributed by atoms with Crippen LogP contribution >= 0.6 is 11.6 Å². The smallest absolute Gasteiger partial charge is 0.262 e. The lowest BCUT2D eigenvalue weighted by atomic mass is 10.1. The quantitative estimate of drug-likeness (QED) is 0.838. The van der Waals surface area contributed by atoms with Crippen molar-refractivity contribution in [1.82, 2.24) is 15.5 Å². The molecule has 1 aromatic heterocycles. The molecule has 122 valence electrons. The van der Waals surface area contributed by atoms with Crippen molar-refractivity contribution >= 4 is 17.5 Å². The van der Waals surface area contributed by atoms with Crippen LogP contribution in [-0.2, 0) is 4.79 Å². The molecule has 2 aromatic rings. The predicted molar refractivity (Wildman–Crippen MR) is 81.5 cm³/mol. The van der Waals surface area contributed by atoms with Gasteiger partial charge in [-0.2, -0.15) is 0 Å². The molecule has 0 aliphatic carbocycles. The Labute approximate surface area is 137 Å². The first-order chi connectivity index (χ1) is 11.0. The third-order valence-corrected chi connectivity index (χ3v) is 3.23. The topological polar surface area (TPSA) is 77.3 Å². The van der Waals surface area contributed by atoms with Gasteiger partial charge in [-0.05, 0) is 18.6 Å². The van der Waals surface area contributed by atoms with Gasteiger partial charge in [0, 0.05) is 17.7 Å². The first-order valence-electron chi connectivity index (χ1n) is 6.77. The number of allylic oxidation sites excluding steroid dienone is 1. The molecule has 0 aliphatic rings. The first kappa shape index (κ1) is 17.0. The summed E-state index contributed by atoms with van der Waals surface area (Å²) in [5.74, 6) is -0.401. The fourth-order valence-electron chi connectivity index (χ4n) is 1.85. The Morgan fingerprint density at radius 3 is 3.00 bits per heavy atom. The highest BCUT2D eigenvalue weighted by atomic mass is 35.5. The van der Waals surface area contributed by atoms with Crippen LogP contribution in [0.2, 0.25) is 5.02 Å². The van der Waals surface area contributed by atoms with Crippen LogP contribution in [-0.4, -0.2) is 22.7 Å². The number of ether oxygens (including phenoxy) is 1. The van der Waals surface area contributed by atoms with Crippen molar-refractivity contribution in [3.8, 4) is 5.75 Å². The summed E-state index contributed by atoms with van der Waals surface area (Å²) >= 11 is 5.56. The maximum Gasteiger partial charge on any atom is 0.262 e. The zero-order valence-electron chi connectivity index (χ0n) is 12.4. The van der Waals surface area contributed by atoms with Crippen molar-refractivity contribution in [2.45, 2.75) is 19.3 Å². The molecule has 1 N–H and O–H groups in total. The molecule has 2 rings (SSSR count). The number of aromatic nitrogens is 2. The van der Waals surface area contributed by atoms with Crippen LogP contribution in [0.25, 0.3) is 0 Å². The van der Waals surface area contributed by atoms with Crippen molar-refractivity contribution in [3.63, 3.8) is 0 Å². The van der Waals surface area contributed by atoms with Gasteiger partial charge in [-0.15, -0.1) is 10.2 Å². The summed E-state index contributed by atoms with van der Waals surface area (Å²) in [5.41, 5.74) is 0.492. The summed E-state index contributed by atoms with van der Waals surface area (Å²) in [6, 6.07) is 3.95. The minimum atomic E-state index is -0.609. The van der Waals surface area contributed by atoms with Crippen LogP contribution in [0, 0.1) is 5.82 Å². The lowest BCUT2D eigenvalue weighted by molar-refractivity contribution is -0.122. The van der Waals surface area contributed by atoms with Gasteiger partial charge in [0.1, 0.15) is 11.6 Å². The number of carbonyl (C=O) groups excluding carboxylic acids is 1. The van der Waals surface area contributed by atoms with Gasteiger partial charge in [0.15, 0.2) is 6.61 Å². The van der Waals surface area contributed by atoms with Crippen molar-refractivity contribution < 1.29 is 18.3 Å². The van der Waals surface area contributed by atoms with Crippen molar-refractivity contribution in [2.75, 3.05) is 6.61 Å². The van der Waals surface area contributed by atoms with Gasteiger partial charge in [0.2, 0.25) is 12.3 Å². The van der Waals surface area contributed by atoms with Crippen molar-refractivity contribution in [3.05, 3.63) is 53.6 Å². The van der Waals surface area contributed by atoms with E-state index in [0.717, 1.165) is 6.07 Å².